The van der Waals surface area contributed by atoms with Crippen LogP contribution in [0, 0.1) is 0 Å². The highest BCUT2D eigenvalue weighted by molar-refractivity contribution is 7.90. The molecule has 1 amide bonds. The van der Waals surface area contributed by atoms with Crippen molar-refractivity contribution >= 4 is 38.0 Å². The summed E-state index contributed by atoms with van der Waals surface area (Å²) >= 11 is 0. The number of aromatic nitrogens is 1. The van der Waals surface area contributed by atoms with Crippen LogP contribution in [0.15, 0.2) is 47.4 Å². The molecular weight excluding hydrogens is 362 g/mol. The second-order valence-corrected chi connectivity index (χ2v) is 9.12. The van der Waals surface area contributed by atoms with Crippen LogP contribution in [-0.2, 0) is 21.7 Å². The number of carbonyl (C=O) groups is 1. The summed E-state index contributed by atoms with van der Waals surface area (Å²) < 4.78 is 25.8. The van der Waals surface area contributed by atoms with E-state index >= 15 is 0 Å². The van der Waals surface area contributed by atoms with Crippen LogP contribution in [0.4, 0.5) is 11.4 Å². The Bertz CT molecular complexity index is 1180. The first kappa shape index (κ1) is 17.6. The first-order valence-corrected chi connectivity index (χ1v) is 10.6. The van der Waals surface area contributed by atoms with Crippen LogP contribution in [0.3, 0.4) is 0 Å². The number of carbonyl (C=O) groups excluding carboxylic acids is 1. The van der Waals surface area contributed by atoms with Crippen molar-refractivity contribution in [3.63, 3.8) is 0 Å². The van der Waals surface area contributed by atoms with Crippen molar-refractivity contribution in [1.29, 1.82) is 0 Å². The summed E-state index contributed by atoms with van der Waals surface area (Å²) in [6.45, 7) is 1.98. The summed E-state index contributed by atoms with van der Waals surface area (Å²) in [5.41, 5.74) is 4.38. The summed E-state index contributed by atoms with van der Waals surface area (Å²) in [6.07, 6.45) is 1.62. The Morgan fingerprint density at radius 2 is 1.93 bits per heavy atom. The normalized spacial score (nSPS) is 17.1. The number of nitrogens with one attached hydrogen (secondary N) is 2. The van der Waals surface area contributed by atoms with Crippen molar-refractivity contribution in [3.8, 4) is 11.3 Å². The van der Waals surface area contributed by atoms with E-state index in [1.807, 2.05) is 48.9 Å². The predicted octanol–water partition coefficient (Wildman–Crippen LogP) is 3.39. The molecule has 0 unspecified atom stereocenters. The highest BCUT2D eigenvalue weighted by atomic mass is 32.2. The smallest absolute Gasteiger partial charge is 0.226 e. The van der Waals surface area contributed by atoms with Crippen LogP contribution < -0.4 is 10.6 Å². The highest BCUT2D eigenvalue weighted by Crippen LogP contribution is 2.38. The van der Waals surface area contributed by atoms with E-state index in [0.717, 1.165) is 33.5 Å². The molecule has 0 bridgehead atoms. The monoisotopic (exact) mass is 383 g/mol. The third-order valence-electron chi connectivity index (χ3n) is 4.94. The third kappa shape index (κ3) is 3.08. The molecule has 0 radical (unpaired) electrons. The Morgan fingerprint density at radius 3 is 2.67 bits per heavy atom. The zero-order chi connectivity index (χ0) is 19.3. The molecule has 2 N–H and O–H groups in total. The SMILES string of the molecule is C[C@@H]1CC(=O)Nc2cccc(-c3cc4ccc(S(C)(=O)=O)cc4n3C)c2N1. The molecule has 2 heterocycles. The largest absolute Gasteiger partial charge is 0.380 e. The summed E-state index contributed by atoms with van der Waals surface area (Å²) in [5, 5.41) is 7.35. The average molecular weight is 383 g/mol. The van der Waals surface area contributed by atoms with Gasteiger partial charge in [0.25, 0.3) is 0 Å². The first-order valence-electron chi connectivity index (χ1n) is 8.73. The van der Waals surface area contributed by atoms with Crippen molar-refractivity contribution in [1.82, 2.24) is 4.57 Å². The van der Waals surface area contributed by atoms with Crippen LogP contribution in [0.5, 0.6) is 0 Å². The van der Waals surface area contributed by atoms with Crippen molar-refractivity contribution in [2.75, 3.05) is 16.9 Å². The van der Waals surface area contributed by atoms with Gasteiger partial charge >= 0.3 is 0 Å². The van der Waals surface area contributed by atoms with Crippen molar-refractivity contribution in [2.24, 2.45) is 7.05 Å². The van der Waals surface area contributed by atoms with Crippen LogP contribution in [0.2, 0.25) is 0 Å². The second-order valence-electron chi connectivity index (χ2n) is 7.11. The molecule has 27 heavy (non-hydrogen) atoms. The van der Waals surface area contributed by atoms with Gasteiger partial charge in [-0.05, 0) is 31.2 Å². The highest BCUT2D eigenvalue weighted by Gasteiger charge is 2.22. The number of fused-ring (bicyclic) bond motifs is 2. The molecule has 1 aliphatic heterocycles. The van der Waals surface area contributed by atoms with Crippen LogP contribution in [0.25, 0.3) is 22.2 Å². The van der Waals surface area contributed by atoms with E-state index in [9.17, 15) is 13.2 Å². The number of sulfone groups is 1. The number of anilines is 2. The topological polar surface area (TPSA) is 80.2 Å². The number of para-hydroxylation sites is 1. The summed E-state index contributed by atoms with van der Waals surface area (Å²) in [7, 11) is -1.35. The van der Waals surface area contributed by atoms with Gasteiger partial charge in [0.05, 0.1) is 22.0 Å². The Balaban J connectivity index is 1.92. The molecule has 0 saturated heterocycles. The Kier molecular flexibility index (Phi) is 3.99. The van der Waals surface area contributed by atoms with Crippen molar-refractivity contribution in [2.45, 2.75) is 24.3 Å². The number of aryl methyl sites for hydroxylation is 1. The molecule has 1 aliphatic rings. The molecule has 140 valence electrons. The lowest BCUT2D eigenvalue weighted by Crippen LogP contribution is -2.19. The lowest BCUT2D eigenvalue weighted by Gasteiger charge is -2.17. The van der Waals surface area contributed by atoms with Gasteiger partial charge in [-0.2, -0.15) is 0 Å². The fourth-order valence-electron chi connectivity index (χ4n) is 3.60. The van der Waals surface area contributed by atoms with E-state index in [-0.39, 0.29) is 11.9 Å². The molecule has 2 aromatic carbocycles. The quantitative estimate of drug-likeness (QED) is 0.711. The molecule has 1 aromatic heterocycles. The molecule has 7 heteroatoms. The number of benzene rings is 2. The standard InChI is InChI=1S/C20H21N3O3S/c1-12-9-19(24)22-16-6-4-5-15(20(16)21-12)18-10-13-7-8-14(27(3,25)26)11-17(13)23(18)2/h4-8,10-12,21H,9H2,1-3H3,(H,22,24)/t12-/m1/s1. The summed E-state index contributed by atoms with van der Waals surface area (Å²) in [5.74, 6) is -0.0132. The maximum atomic E-state index is 12.0. The van der Waals surface area contributed by atoms with E-state index < -0.39 is 9.84 Å². The molecule has 0 fully saturated rings. The maximum absolute atomic E-state index is 12.0. The molecule has 1 atom stereocenters. The maximum Gasteiger partial charge on any atom is 0.226 e. The van der Waals surface area contributed by atoms with Gasteiger partial charge in [-0.3, -0.25) is 4.79 Å². The van der Waals surface area contributed by atoms with Crippen LogP contribution >= 0.6 is 0 Å². The van der Waals surface area contributed by atoms with Gasteiger partial charge in [0.1, 0.15) is 0 Å². The third-order valence-corrected chi connectivity index (χ3v) is 6.05. The number of hydrogen-bond donors (Lipinski definition) is 2. The number of amides is 1. The molecule has 0 spiro atoms. The molecule has 4 rings (SSSR count). The van der Waals surface area contributed by atoms with Gasteiger partial charge in [-0.15, -0.1) is 0 Å². The minimum Gasteiger partial charge on any atom is -0.380 e. The van der Waals surface area contributed by atoms with E-state index in [2.05, 4.69) is 10.6 Å². The van der Waals surface area contributed by atoms with Gasteiger partial charge in [-0.1, -0.05) is 18.2 Å². The number of nitrogens with zero attached hydrogens (tertiary/aromatic N) is 1. The predicted molar refractivity (Wildman–Crippen MR) is 108 cm³/mol. The van der Waals surface area contributed by atoms with Gasteiger partial charge in [0, 0.05) is 42.2 Å². The molecule has 0 aliphatic carbocycles. The Labute approximate surface area is 158 Å². The minimum absolute atomic E-state index is 0.0129. The zero-order valence-electron chi connectivity index (χ0n) is 15.4. The van der Waals surface area contributed by atoms with Crippen LogP contribution in [0.1, 0.15) is 13.3 Å². The minimum atomic E-state index is -3.27. The summed E-state index contributed by atoms with van der Waals surface area (Å²) in [6, 6.07) is 13.0. The molecular formula is C20H21N3O3S. The zero-order valence-corrected chi connectivity index (χ0v) is 16.2. The first-order chi connectivity index (χ1) is 12.7. The van der Waals surface area contributed by atoms with Crippen LogP contribution in [-0.4, -0.2) is 31.2 Å². The van der Waals surface area contributed by atoms with Crippen molar-refractivity contribution in [3.05, 3.63) is 42.5 Å². The van der Waals surface area contributed by atoms with Crippen molar-refractivity contribution < 1.29 is 13.2 Å². The number of hydrogen-bond acceptors (Lipinski definition) is 4. The van der Waals surface area contributed by atoms with E-state index in [1.54, 1.807) is 12.1 Å². The molecule has 6 nitrogen and oxygen atoms in total. The van der Waals surface area contributed by atoms with Gasteiger partial charge in [0.15, 0.2) is 9.84 Å². The summed E-state index contributed by atoms with van der Waals surface area (Å²) in [4.78, 5) is 12.3. The molecule has 3 aromatic rings. The lowest BCUT2D eigenvalue weighted by molar-refractivity contribution is -0.116. The van der Waals surface area contributed by atoms with Gasteiger partial charge in [-0.25, -0.2) is 8.42 Å². The number of rotatable bonds is 2. The fraction of sp³-hybridized carbons (Fsp3) is 0.250. The lowest BCUT2D eigenvalue weighted by atomic mass is 10.1. The van der Waals surface area contributed by atoms with E-state index in [0.29, 0.717) is 11.3 Å². The van der Waals surface area contributed by atoms with Gasteiger partial charge < -0.3 is 15.2 Å². The van der Waals surface area contributed by atoms with Gasteiger partial charge in [0.2, 0.25) is 5.91 Å². The fourth-order valence-corrected chi connectivity index (χ4v) is 4.24. The second kappa shape index (κ2) is 6.13. The Morgan fingerprint density at radius 1 is 1.15 bits per heavy atom. The Hall–Kier alpha value is -2.80. The van der Waals surface area contributed by atoms with E-state index in [4.69, 9.17) is 0 Å². The average Bonchev–Trinajstić information content (AvgIpc) is 2.82. The van der Waals surface area contributed by atoms with E-state index in [1.165, 1.54) is 6.26 Å². The molecule has 0 saturated carbocycles.